The molecule has 8 heteroatoms. The van der Waals surface area contributed by atoms with Crippen LogP contribution in [0.5, 0.6) is 11.5 Å². The molecular weight excluding hydrogens is 464 g/mol. The van der Waals surface area contributed by atoms with Gasteiger partial charge in [-0.15, -0.1) is 11.3 Å². The van der Waals surface area contributed by atoms with Crippen molar-refractivity contribution >= 4 is 33.3 Å². The summed E-state index contributed by atoms with van der Waals surface area (Å²) in [6.07, 6.45) is 1.95. The normalized spacial score (nSPS) is 15.0. The van der Waals surface area contributed by atoms with Gasteiger partial charge >= 0.3 is 0 Å². The van der Waals surface area contributed by atoms with Crippen molar-refractivity contribution in [1.82, 2.24) is 4.98 Å². The quantitative estimate of drug-likeness (QED) is 0.304. The van der Waals surface area contributed by atoms with Gasteiger partial charge < -0.3 is 13.9 Å². The van der Waals surface area contributed by atoms with E-state index < -0.39 is 6.04 Å². The van der Waals surface area contributed by atoms with Gasteiger partial charge in [0.1, 0.15) is 5.58 Å². The molecule has 5 rings (SSSR count). The van der Waals surface area contributed by atoms with E-state index in [2.05, 4.69) is 11.9 Å². The molecule has 0 radical (unpaired) electrons. The second-order valence-corrected chi connectivity index (χ2v) is 9.68. The van der Waals surface area contributed by atoms with E-state index in [0.29, 0.717) is 45.3 Å². The number of fused-ring (bicyclic) bond motifs is 2. The molecule has 0 saturated carbocycles. The molecule has 180 valence electrons. The third-order valence-electron chi connectivity index (χ3n) is 6.26. The molecule has 2 aromatic carbocycles. The van der Waals surface area contributed by atoms with Crippen molar-refractivity contribution in [2.45, 2.75) is 39.7 Å². The number of thiazole rings is 1. The maximum atomic E-state index is 13.7. The minimum Gasteiger partial charge on any atom is -0.493 e. The highest BCUT2D eigenvalue weighted by Gasteiger charge is 2.45. The Balaban J connectivity index is 1.71. The summed E-state index contributed by atoms with van der Waals surface area (Å²) in [5.41, 5.74) is 2.02. The summed E-state index contributed by atoms with van der Waals surface area (Å²) in [5, 5.41) is 0.955. The van der Waals surface area contributed by atoms with E-state index in [-0.39, 0.29) is 17.1 Å². The standard InChI is InChI=1S/C27H26N2O5S/c1-5-6-13-33-20-12-11-17(14-21(20)32-4)23-22-24(30)18-9-7-8-10-19(18)34-25(22)26(31)29(23)27-28-15(2)16(3)35-27/h7-12,14,23H,5-6,13H2,1-4H3. The van der Waals surface area contributed by atoms with Crippen molar-refractivity contribution in [2.75, 3.05) is 18.6 Å². The van der Waals surface area contributed by atoms with E-state index in [0.717, 1.165) is 23.4 Å². The molecule has 2 aromatic heterocycles. The van der Waals surface area contributed by atoms with E-state index >= 15 is 0 Å². The van der Waals surface area contributed by atoms with E-state index in [4.69, 9.17) is 13.9 Å². The van der Waals surface area contributed by atoms with Crippen molar-refractivity contribution in [3.8, 4) is 11.5 Å². The second-order valence-electron chi connectivity index (χ2n) is 8.50. The Bertz CT molecular complexity index is 1470. The van der Waals surface area contributed by atoms with Crippen LogP contribution in [0, 0.1) is 13.8 Å². The highest BCUT2D eigenvalue weighted by Crippen LogP contribution is 2.44. The van der Waals surface area contributed by atoms with Crippen molar-refractivity contribution in [1.29, 1.82) is 0 Å². The molecule has 0 spiro atoms. The fourth-order valence-corrected chi connectivity index (χ4v) is 5.23. The monoisotopic (exact) mass is 490 g/mol. The van der Waals surface area contributed by atoms with Crippen LogP contribution in [-0.2, 0) is 0 Å². The predicted octanol–water partition coefficient (Wildman–Crippen LogP) is 5.80. The smallest absolute Gasteiger partial charge is 0.297 e. The first kappa shape index (κ1) is 23.1. The number of carbonyl (C=O) groups excluding carboxylic acids is 1. The van der Waals surface area contributed by atoms with Crippen LogP contribution in [0.15, 0.2) is 51.7 Å². The third-order valence-corrected chi connectivity index (χ3v) is 7.33. The molecule has 0 bridgehead atoms. The molecule has 1 amide bonds. The Hall–Kier alpha value is -3.65. The van der Waals surface area contributed by atoms with E-state index in [1.807, 2.05) is 32.0 Å². The summed E-state index contributed by atoms with van der Waals surface area (Å²) >= 11 is 1.42. The molecule has 1 aliphatic rings. The highest BCUT2D eigenvalue weighted by molar-refractivity contribution is 7.15. The maximum absolute atomic E-state index is 13.7. The minimum absolute atomic E-state index is 0.0476. The Morgan fingerprint density at radius 2 is 1.91 bits per heavy atom. The molecule has 0 aliphatic carbocycles. The first-order valence-electron chi connectivity index (χ1n) is 11.6. The van der Waals surface area contributed by atoms with Gasteiger partial charge in [-0.1, -0.05) is 31.5 Å². The fourth-order valence-electron chi connectivity index (χ4n) is 4.29. The van der Waals surface area contributed by atoms with Gasteiger partial charge in [0, 0.05) is 4.88 Å². The lowest BCUT2D eigenvalue weighted by atomic mass is 9.98. The average Bonchev–Trinajstić information content (AvgIpc) is 3.35. The molecule has 1 unspecified atom stereocenters. The van der Waals surface area contributed by atoms with Crippen LogP contribution in [0.3, 0.4) is 0 Å². The number of nitrogens with zero attached hydrogens (tertiary/aromatic N) is 2. The molecule has 7 nitrogen and oxygen atoms in total. The summed E-state index contributed by atoms with van der Waals surface area (Å²) in [6.45, 7) is 6.55. The molecule has 1 atom stereocenters. The summed E-state index contributed by atoms with van der Waals surface area (Å²) < 4.78 is 17.5. The molecule has 3 heterocycles. The van der Waals surface area contributed by atoms with E-state index in [1.54, 1.807) is 36.3 Å². The van der Waals surface area contributed by atoms with Gasteiger partial charge in [0.2, 0.25) is 5.76 Å². The van der Waals surface area contributed by atoms with Crippen LogP contribution in [-0.4, -0.2) is 24.6 Å². The number of anilines is 1. The van der Waals surface area contributed by atoms with Crippen LogP contribution < -0.4 is 19.8 Å². The van der Waals surface area contributed by atoms with Gasteiger partial charge in [0.15, 0.2) is 22.1 Å². The number of hydrogen-bond acceptors (Lipinski definition) is 7. The SMILES string of the molecule is CCCCOc1ccc(C2c3c(oc4ccccc4c3=O)C(=O)N2c2nc(C)c(C)s2)cc1OC. The predicted molar refractivity (Wildman–Crippen MR) is 136 cm³/mol. The molecule has 0 saturated heterocycles. The minimum atomic E-state index is -0.707. The number of methoxy groups -OCH3 is 1. The Morgan fingerprint density at radius 3 is 2.63 bits per heavy atom. The number of para-hydroxylation sites is 1. The highest BCUT2D eigenvalue weighted by atomic mass is 32.1. The summed E-state index contributed by atoms with van der Waals surface area (Å²) in [5.74, 6) is 0.818. The number of carbonyl (C=O) groups is 1. The molecule has 0 fully saturated rings. The summed E-state index contributed by atoms with van der Waals surface area (Å²) in [4.78, 5) is 34.6. The van der Waals surface area contributed by atoms with Gasteiger partial charge in [0.25, 0.3) is 5.91 Å². The topological polar surface area (TPSA) is 81.9 Å². The lowest BCUT2D eigenvalue weighted by molar-refractivity contribution is 0.0971. The number of benzene rings is 2. The molecular formula is C27H26N2O5S. The van der Waals surface area contributed by atoms with Crippen LogP contribution in [0.4, 0.5) is 5.13 Å². The molecule has 1 aliphatic heterocycles. The average molecular weight is 491 g/mol. The van der Waals surface area contributed by atoms with Gasteiger partial charge in [-0.05, 0) is 50.1 Å². The number of ether oxygens (including phenoxy) is 2. The van der Waals surface area contributed by atoms with Crippen LogP contribution in [0.25, 0.3) is 11.0 Å². The number of unbranched alkanes of at least 4 members (excludes halogenated alkanes) is 1. The molecule has 4 aromatic rings. The molecule has 35 heavy (non-hydrogen) atoms. The van der Waals surface area contributed by atoms with Gasteiger partial charge in [-0.2, -0.15) is 0 Å². The number of hydrogen-bond donors (Lipinski definition) is 0. The summed E-state index contributed by atoms with van der Waals surface area (Å²) in [7, 11) is 1.58. The fraction of sp³-hybridized carbons (Fsp3) is 0.296. The third kappa shape index (κ3) is 3.87. The first-order chi connectivity index (χ1) is 16.9. The van der Waals surface area contributed by atoms with Gasteiger partial charge in [0.05, 0.1) is 36.4 Å². The summed E-state index contributed by atoms with van der Waals surface area (Å²) in [6, 6.07) is 11.8. The lowest BCUT2D eigenvalue weighted by Crippen LogP contribution is -2.29. The zero-order valence-electron chi connectivity index (χ0n) is 20.1. The van der Waals surface area contributed by atoms with Crippen LogP contribution in [0.1, 0.15) is 58.1 Å². The van der Waals surface area contributed by atoms with E-state index in [1.165, 1.54) is 11.3 Å². The Morgan fingerprint density at radius 1 is 1.11 bits per heavy atom. The zero-order valence-corrected chi connectivity index (χ0v) is 20.9. The maximum Gasteiger partial charge on any atom is 0.297 e. The van der Waals surface area contributed by atoms with Crippen molar-refractivity contribution in [3.05, 3.63) is 80.1 Å². The second kappa shape index (κ2) is 9.19. The van der Waals surface area contributed by atoms with Crippen molar-refractivity contribution in [3.63, 3.8) is 0 Å². The largest absolute Gasteiger partial charge is 0.493 e. The zero-order chi connectivity index (χ0) is 24.7. The van der Waals surface area contributed by atoms with Gasteiger partial charge in [-0.3, -0.25) is 14.5 Å². The molecule has 0 N–H and O–H groups in total. The Kier molecular flexibility index (Phi) is 6.06. The first-order valence-corrected chi connectivity index (χ1v) is 12.4. The van der Waals surface area contributed by atoms with Crippen molar-refractivity contribution in [2.24, 2.45) is 0 Å². The van der Waals surface area contributed by atoms with Gasteiger partial charge in [-0.25, -0.2) is 4.98 Å². The van der Waals surface area contributed by atoms with E-state index in [9.17, 15) is 9.59 Å². The number of aryl methyl sites for hydroxylation is 2. The number of amides is 1. The lowest BCUT2D eigenvalue weighted by Gasteiger charge is -2.23. The van der Waals surface area contributed by atoms with Crippen LogP contribution >= 0.6 is 11.3 Å². The van der Waals surface area contributed by atoms with Crippen molar-refractivity contribution < 1.29 is 18.7 Å². The number of rotatable bonds is 7. The Labute approximate surface area is 206 Å². The van der Waals surface area contributed by atoms with Crippen LogP contribution in [0.2, 0.25) is 0 Å². The number of aromatic nitrogens is 1.